The van der Waals surface area contributed by atoms with Crippen molar-refractivity contribution >= 4 is 23.2 Å². The van der Waals surface area contributed by atoms with Crippen LogP contribution in [0.2, 0.25) is 0 Å². The number of nitro groups is 1. The predicted octanol–water partition coefficient (Wildman–Crippen LogP) is 3.51. The molecule has 0 saturated carbocycles. The second-order valence-corrected chi connectivity index (χ2v) is 5.21. The topological polar surface area (TPSA) is 72.2 Å². The minimum Gasteiger partial charge on any atom is -0.351 e. The third kappa shape index (κ3) is 4.14. The molecule has 0 aromatic heterocycles. The average molecular weight is 317 g/mol. The number of carbonyl (C=O) groups excluding carboxylic acids is 1. The Hall–Kier alpha value is -1.69. The second-order valence-electron chi connectivity index (χ2n) is 4.94. The molecule has 1 rings (SSSR count). The van der Waals surface area contributed by atoms with Crippen molar-refractivity contribution in [3.63, 3.8) is 0 Å². The molecule has 0 aliphatic carbocycles. The molecule has 1 aromatic rings. The molecular formula is C14H18ClFN2O3. The van der Waals surface area contributed by atoms with Crippen molar-refractivity contribution in [1.82, 2.24) is 5.32 Å². The molecule has 0 atom stereocenters. The van der Waals surface area contributed by atoms with Crippen LogP contribution >= 0.6 is 11.6 Å². The van der Waals surface area contributed by atoms with Gasteiger partial charge in [-0.15, -0.1) is 11.6 Å². The minimum atomic E-state index is -0.911. The number of benzene rings is 1. The Morgan fingerprint density at radius 1 is 1.43 bits per heavy atom. The quantitative estimate of drug-likeness (QED) is 0.475. The van der Waals surface area contributed by atoms with E-state index >= 15 is 0 Å². The first-order chi connectivity index (χ1) is 9.89. The van der Waals surface area contributed by atoms with Crippen LogP contribution in [0.15, 0.2) is 18.2 Å². The van der Waals surface area contributed by atoms with Crippen LogP contribution in [0.4, 0.5) is 10.1 Å². The van der Waals surface area contributed by atoms with Gasteiger partial charge >= 0.3 is 0 Å². The minimum absolute atomic E-state index is 0.212. The number of amides is 1. The van der Waals surface area contributed by atoms with Gasteiger partial charge in [0, 0.05) is 23.9 Å². The van der Waals surface area contributed by atoms with Gasteiger partial charge in [-0.25, -0.2) is 4.39 Å². The highest BCUT2D eigenvalue weighted by Crippen LogP contribution is 2.27. The van der Waals surface area contributed by atoms with Crippen LogP contribution in [0.1, 0.15) is 37.0 Å². The number of hydrogen-bond donors (Lipinski definition) is 1. The number of nitrogens with zero attached hydrogens (tertiary/aromatic N) is 1. The summed E-state index contributed by atoms with van der Waals surface area (Å²) in [7, 11) is 0. The molecule has 0 aliphatic heterocycles. The van der Waals surface area contributed by atoms with E-state index in [0.717, 1.165) is 31.0 Å². The molecule has 116 valence electrons. The van der Waals surface area contributed by atoms with E-state index in [1.54, 1.807) is 0 Å². The Kier molecular flexibility index (Phi) is 6.08. The van der Waals surface area contributed by atoms with E-state index in [0.29, 0.717) is 12.4 Å². The lowest BCUT2D eigenvalue weighted by molar-refractivity contribution is -0.385. The monoisotopic (exact) mass is 316 g/mol. The van der Waals surface area contributed by atoms with Crippen LogP contribution < -0.4 is 5.32 Å². The molecule has 0 spiro atoms. The summed E-state index contributed by atoms with van der Waals surface area (Å²) in [6.45, 7) is 4.29. The van der Waals surface area contributed by atoms with E-state index in [2.05, 4.69) is 5.32 Å². The molecule has 0 saturated heterocycles. The summed E-state index contributed by atoms with van der Waals surface area (Å²) in [5, 5.41) is 13.2. The molecular weight excluding hydrogens is 299 g/mol. The second kappa shape index (κ2) is 7.36. The molecule has 21 heavy (non-hydrogen) atoms. The standard InChI is InChI=1S/C14H18ClFN2O3/c1-3-14(4-2,8-15)9-17-13(19)11-6-5-10(18(20)21)7-12(11)16/h5-7H,3-4,8-9H2,1-2H3,(H,17,19). The first-order valence-corrected chi connectivity index (χ1v) is 7.20. The highest BCUT2D eigenvalue weighted by molar-refractivity contribution is 6.18. The van der Waals surface area contributed by atoms with Crippen LogP contribution in [0.5, 0.6) is 0 Å². The van der Waals surface area contributed by atoms with Gasteiger partial charge in [0.15, 0.2) is 0 Å². The summed E-state index contributed by atoms with van der Waals surface area (Å²) in [6.07, 6.45) is 1.58. The SMILES string of the molecule is CCC(CC)(CCl)CNC(=O)c1ccc([N+](=O)[O-])cc1F. The Bertz CT molecular complexity index is 525. The number of carbonyl (C=O) groups is 1. The number of hydrogen-bond acceptors (Lipinski definition) is 3. The largest absolute Gasteiger partial charge is 0.351 e. The van der Waals surface area contributed by atoms with Crippen molar-refractivity contribution in [3.8, 4) is 0 Å². The number of nitrogens with one attached hydrogen (secondary N) is 1. The van der Waals surface area contributed by atoms with Crippen LogP contribution in [0.25, 0.3) is 0 Å². The fraction of sp³-hybridized carbons (Fsp3) is 0.500. The highest BCUT2D eigenvalue weighted by atomic mass is 35.5. The summed E-state index contributed by atoms with van der Waals surface area (Å²) in [4.78, 5) is 21.8. The summed E-state index contributed by atoms with van der Waals surface area (Å²) >= 11 is 5.94. The van der Waals surface area contributed by atoms with E-state index in [1.807, 2.05) is 13.8 Å². The zero-order chi connectivity index (χ0) is 16.0. The van der Waals surface area contributed by atoms with Gasteiger partial charge in [-0.1, -0.05) is 13.8 Å². The number of alkyl halides is 1. The molecule has 0 unspecified atom stereocenters. The van der Waals surface area contributed by atoms with E-state index < -0.39 is 16.6 Å². The molecule has 1 amide bonds. The van der Waals surface area contributed by atoms with Crippen LogP contribution in [-0.4, -0.2) is 23.3 Å². The Morgan fingerprint density at radius 3 is 2.48 bits per heavy atom. The first-order valence-electron chi connectivity index (χ1n) is 6.67. The van der Waals surface area contributed by atoms with E-state index in [9.17, 15) is 19.3 Å². The summed E-state index contributed by atoms with van der Waals surface area (Å²) in [5.74, 6) is -1.12. The Morgan fingerprint density at radius 2 is 2.05 bits per heavy atom. The van der Waals surface area contributed by atoms with Crippen molar-refractivity contribution in [1.29, 1.82) is 0 Å². The smallest absolute Gasteiger partial charge is 0.272 e. The maximum atomic E-state index is 13.7. The molecule has 0 aliphatic rings. The summed E-state index contributed by atoms with van der Waals surface area (Å²) in [5.41, 5.74) is -0.827. The van der Waals surface area contributed by atoms with Gasteiger partial charge in [-0.2, -0.15) is 0 Å². The molecule has 7 heteroatoms. The summed E-state index contributed by atoms with van der Waals surface area (Å²) < 4.78 is 13.7. The average Bonchev–Trinajstić information content (AvgIpc) is 2.48. The molecule has 1 N–H and O–H groups in total. The van der Waals surface area contributed by atoms with Crippen LogP contribution in [0, 0.1) is 21.3 Å². The molecule has 1 aromatic carbocycles. The maximum Gasteiger partial charge on any atom is 0.272 e. The molecule has 0 radical (unpaired) electrons. The van der Waals surface area contributed by atoms with Gasteiger partial charge in [0.25, 0.3) is 11.6 Å². The van der Waals surface area contributed by atoms with E-state index in [4.69, 9.17) is 11.6 Å². The van der Waals surface area contributed by atoms with Gasteiger partial charge in [0.05, 0.1) is 16.6 Å². The molecule has 5 nitrogen and oxygen atoms in total. The van der Waals surface area contributed by atoms with Gasteiger partial charge in [0.2, 0.25) is 0 Å². The molecule has 0 bridgehead atoms. The summed E-state index contributed by atoms with van der Waals surface area (Å²) in [6, 6.07) is 2.96. The lowest BCUT2D eigenvalue weighted by atomic mass is 9.84. The molecule has 0 heterocycles. The number of halogens is 2. The molecule has 0 fully saturated rings. The van der Waals surface area contributed by atoms with Gasteiger partial charge in [0.1, 0.15) is 5.82 Å². The first kappa shape index (κ1) is 17.4. The van der Waals surface area contributed by atoms with Crippen molar-refractivity contribution in [2.45, 2.75) is 26.7 Å². The Labute approximate surface area is 127 Å². The lowest BCUT2D eigenvalue weighted by Crippen LogP contribution is -2.38. The fourth-order valence-electron chi connectivity index (χ4n) is 1.90. The number of non-ortho nitro benzene ring substituents is 1. The van der Waals surface area contributed by atoms with E-state index in [-0.39, 0.29) is 16.7 Å². The number of nitro benzene ring substituents is 1. The predicted molar refractivity (Wildman–Crippen MR) is 79.1 cm³/mol. The van der Waals surface area contributed by atoms with Gasteiger partial charge in [-0.3, -0.25) is 14.9 Å². The van der Waals surface area contributed by atoms with Crippen molar-refractivity contribution in [3.05, 3.63) is 39.7 Å². The van der Waals surface area contributed by atoms with Crippen molar-refractivity contribution < 1.29 is 14.1 Å². The fourth-order valence-corrected chi connectivity index (χ4v) is 2.37. The normalized spacial score (nSPS) is 11.2. The van der Waals surface area contributed by atoms with Crippen LogP contribution in [-0.2, 0) is 0 Å². The van der Waals surface area contributed by atoms with Crippen molar-refractivity contribution in [2.24, 2.45) is 5.41 Å². The van der Waals surface area contributed by atoms with Crippen molar-refractivity contribution in [2.75, 3.05) is 12.4 Å². The van der Waals surface area contributed by atoms with Crippen LogP contribution in [0.3, 0.4) is 0 Å². The maximum absolute atomic E-state index is 13.7. The zero-order valence-corrected chi connectivity index (χ0v) is 12.7. The highest BCUT2D eigenvalue weighted by Gasteiger charge is 2.26. The zero-order valence-electron chi connectivity index (χ0n) is 12.0. The Balaban J connectivity index is 2.83. The lowest BCUT2D eigenvalue weighted by Gasteiger charge is -2.29. The van der Waals surface area contributed by atoms with E-state index in [1.165, 1.54) is 0 Å². The third-order valence-corrected chi connectivity index (χ3v) is 4.38. The van der Waals surface area contributed by atoms with Gasteiger partial charge < -0.3 is 5.32 Å². The number of rotatable bonds is 7. The third-order valence-electron chi connectivity index (χ3n) is 3.82. The van der Waals surface area contributed by atoms with Gasteiger partial charge in [-0.05, 0) is 18.9 Å².